The summed E-state index contributed by atoms with van der Waals surface area (Å²) in [6, 6.07) is 5.46. The molecule has 0 saturated carbocycles. The molecule has 0 radical (unpaired) electrons. The summed E-state index contributed by atoms with van der Waals surface area (Å²) in [5.41, 5.74) is 0.604. The highest BCUT2D eigenvalue weighted by molar-refractivity contribution is 5.30. The molecule has 1 aromatic rings. The van der Waals surface area contributed by atoms with Crippen LogP contribution in [0.15, 0.2) is 18.2 Å². The Morgan fingerprint density at radius 3 is 3.11 bits per heavy atom. The van der Waals surface area contributed by atoms with Gasteiger partial charge >= 0.3 is 0 Å². The maximum Gasteiger partial charge on any atom is 0.167 e. The molecule has 1 aromatic carbocycles. The Kier molecular flexibility index (Phi) is 5.16. The topological polar surface area (TPSA) is 30.5 Å². The van der Waals surface area contributed by atoms with Crippen LogP contribution in [0.25, 0.3) is 0 Å². The van der Waals surface area contributed by atoms with E-state index in [1.54, 1.807) is 19.1 Å². The van der Waals surface area contributed by atoms with Crippen molar-refractivity contribution in [3.63, 3.8) is 0 Å². The lowest BCUT2D eigenvalue weighted by atomic mass is 10.1. The molecular weight excluding hydrogens is 245 g/mol. The molecule has 3 nitrogen and oxygen atoms in total. The Labute approximate surface area is 114 Å². The second-order valence-electron chi connectivity index (χ2n) is 4.97. The van der Waals surface area contributed by atoms with Crippen LogP contribution in [0.5, 0.6) is 5.75 Å². The van der Waals surface area contributed by atoms with Crippen LogP contribution < -0.4 is 10.1 Å². The molecular formula is C15H22FNO2. The number of aryl methyl sites for hydroxylation is 1. The predicted molar refractivity (Wildman–Crippen MR) is 73.1 cm³/mol. The van der Waals surface area contributed by atoms with E-state index in [2.05, 4.69) is 12.2 Å². The van der Waals surface area contributed by atoms with E-state index in [4.69, 9.17) is 9.47 Å². The molecule has 1 aliphatic heterocycles. The number of hydrogen-bond donors (Lipinski definition) is 1. The minimum atomic E-state index is -0.276. The fraction of sp³-hybridized carbons (Fsp3) is 0.600. The summed E-state index contributed by atoms with van der Waals surface area (Å²) in [4.78, 5) is 0. The van der Waals surface area contributed by atoms with Crippen LogP contribution in [0.4, 0.5) is 4.39 Å². The molecule has 19 heavy (non-hydrogen) atoms. The standard InChI is InChI=1S/C15H22FNO2/c1-3-8-17-12-7-9-18-10-14(12)19-13-6-4-5-11(2)15(13)16/h4-6,12,14,17H,3,7-10H2,1-2H3. The lowest BCUT2D eigenvalue weighted by Gasteiger charge is -2.32. The first-order valence-electron chi connectivity index (χ1n) is 6.95. The van der Waals surface area contributed by atoms with Crippen molar-refractivity contribution in [2.75, 3.05) is 19.8 Å². The van der Waals surface area contributed by atoms with Gasteiger partial charge in [-0.05, 0) is 37.9 Å². The molecule has 1 fully saturated rings. The molecule has 0 amide bonds. The van der Waals surface area contributed by atoms with Crippen LogP contribution in [-0.4, -0.2) is 31.9 Å². The Morgan fingerprint density at radius 1 is 1.47 bits per heavy atom. The van der Waals surface area contributed by atoms with Crippen molar-refractivity contribution in [2.45, 2.75) is 38.8 Å². The molecule has 1 aliphatic rings. The van der Waals surface area contributed by atoms with Gasteiger partial charge in [0.1, 0.15) is 6.10 Å². The molecule has 106 valence electrons. The molecule has 1 saturated heterocycles. The molecule has 0 aromatic heterocycles. The van der Waals surface area contributed by atoms with Gasteiger partial charge in [-0.15, -0.1) is 0 Å². The summed E-state index contributed by atoms with van der Waals surface area (Å²) < 4.78 is 25.2. The third-order valence-electron chi connectivity index (χ3n) is 3.40. The summed E-state index contributed by atoms with van der Waals surface area (Å²) in [6.07, 6.45) is 1.85. The maximum atomic E-state index is 13.9. The zero-order valence-electron chi connectivity index (χ0n) is 11.6. The Morgan fingerprint density at radius 2 is 2.32 bits per heavy atom. The largest absolute Gasteiger partial charge is 0.483 e. The quantitative estimate of drug-likeness (QED) is 0.889. The highest BCUT2D eigenvalue weighted by Crippen LogP contribution is 2.23. The number of hydrogen-bond acceptors (Lipinski definition) is 3. The minimum absolute atomic E-state index is 0.128. The fourth-order valence-electron chi connectivity index (χ4n) is 2.27. The van der Waals surface area contributed by atoms with Crippen molar-refractivity contribution in [2.24, 2.45) is 0 Å². The van der Waals surface area contributed by atoms with Crippen LogP contribution in [0.3, 0.4) is 0 Å². The van der Waals surface area contributed by atoms with E-state index in [1.165, 1.54) is 0 Å². The van der Waals surface area contributed by atoms with Gasteiger partial charge in [0.05, 0.1) is 6.61 Å². The van der Waals surface area contributed by atoms with Gasteiger partial charge in [-0.3, -0.25) is 0 Å². The van der Waals surface area contributed by atoms with Crippen LogP contribution >= 0.6 is 0 Å². The first kappa shape index (κ1) is 14.3. The van der Waals surface area contributed by atoms with Crippen molar-refractivity contribution in [3.8, 4) is 5.75 Å². The zero-order valence-corrected chi connectivity index (χ0v) is 11.6. The van der Waals surface area contributed by atoms with Crippen LogP contribution in [0.2, 0.25) is 0 Å². The van der Waals surface area contributed by atoms with Crippen molar-refractivity contribution in [1.82, 2.24) is 5.32 Å². The van der Waals surface area contributed by atoms with E-state index in [1.807, 2.05) is 6.07 Å². The minimum Gasteiger partial charge on any atom is -0.483 e. The van der Waals surface area contributed by atoms with E-state index < -0.39 is 0 Å². The van der Waals surface area contributed by atoms with E-state index in [9.17, 15) is 4.39 Å². The van der Waals surface area contributed by atoms with Gasteiger partial charge in [-0.2, -0.15) is 0 Å². The van der Waals surface area contributed by atoms with Gasteiger partial charge in [-0.25, -0.2) is 4.39 Å². The molecule has 2 unspecified atom stereocenters. The molecule has 1 heterocycles. The van der Waals surface area contributed by atoms with Gasteiger partial charge in [0.25, 0.3) is 0 Å². The summed E-state index contributed by atoms with van der Waals surface area (Å²) in [6.45, 7) is 6.06. The fourth-order valence-corrected chi connectivity index (χ4v) is 2.27. The lowest BCUT2D eigenvalue weighted by Crippen LogP contribution is -2.49. The lowest BCUT2D eigenvalue weighted by molar-refractivity contribution is -0.0161. The number of ether oxygens (including phenoxy) is 2. The number of nitrogens with one attached hydrogen (secondary N) is 1. The second-order valence-corrected chi connectivity index (χ2v) is 4.97. The van der Waals surface area contributed by atoms with Crippen molar-refractivity contribution in [3.05, 3.63) is 29.6 Å². The number of benzene rings is 1. The maximum absolute atomic E-state index is 13.9. The molecule has 2 atom stereocenters. The molecule has 0 bridgehead atoms. The van der Waals surface area contributed by atoms with Crippen LogP contribution in [-0.2, 0) is 4.74 Å². The number of halogens is 1. The van der Waals surface area contributed by atoms with E-state index in [0.717, 1.165) is 26.0 Å². The molecule has 1 N–H and O–H groups in total. The first-order chi connectivity index (χ1) is 9.22. The van der Waals surface area contributed by atoms with Crippen molar-refractivity contribution in [1.29, 1.82) is 0 Å². The third-order valence-corrected chi connectivity index (χ3v) is 3.40. The summed E-state index contributed by atoms with van der Waals surface area (Å²) >= 11 is 0. The van der Waals surface area contributed by atoms with Crippen molar-refractivity contribution < 1.29 is 13.9 Å². The first-order valence-corrected chi connectivity index (χ1v) is 6.95. The highest BCUT2D eigenvalue weighted by Gasteiger charge is 2.27. The van der Waals surface area contributed by atoms with Gasteiger partial charge in [0.2, 0.25) is 0 Å². The van der Waals surface area contributed by atoms with Crippen molar-refractivity contribution >= 4 is 0 Å². The monoisotopic (exact) mass is 267 g/mol. The molecule has 0 spiro atoms. The molecule has 4 heteroatoms. The molecule has 0 aliphatic carbocycles. The number of rotatable bonds is 5. The van der Waals surface area contributed by atoms with Gasteiger partial charge in [0, 0.05) is 12.6 Å². The summed E-state index contributed by atoms with van der Waals surface area (Å²) in [7, 11) is 0. The highest BCUT2D eigenvalue weighted by atomic mass is 19.1. The predicted octanol–water partition coefficient (Wildman–Crippen LogP) is 2.67. The summed E-state index contributed by atoms with van der Waals surface area (Å²) in [5.74, 6) is 0.0427. The van der Waals surface area contributed by atoms with Crippen LogP contribution in [0, 0.1) is 12.7 Å². The Hall–Kier alpha value is -1.13. The summed E-state index contributed by atoms with van der Waals surface area (Å²) in [5, 5.41) is 3.45. The van der Waals surface area contributed by atoms with E-state index >= 15 is 0 Å². The second kappa shape index (κ2) is 6.87. The molecule has 2 rings (SSSR count). The SMILES string of the molecule is CCCNC1CCOCC1Oc1cccc(C)c1F. The zero-order chi connectivity index (χ0) is 13.7. The van der Waals surface area contributed by atoms with Gasteiger partial charge in [0.15, 0.2) is 11.6 Å². The average molecular weight is 267 g/mol. The Balaban J connectivity index is 2.04. The van der Waals surface area contributed by atoms with Crippen LogP contribution in [0.1, 0.15) is 25.3 Å². The smallest absolute Gasteiger partial charge is 0.167 e. The van der Waals surface area contributed by atoms with E-state index in [0.29, 0.717) is 17.9 Å². The third kappa shape index (κ3) is 3.67. The normalized spacial score (nSPS) is 23.3. The van der Waals surface area contributed by atoms with Gasteiger partial charge in [-0.1, -0.05) is 19.1 Å². The van der Waals surface area contributed by atoms with E-state index in [-0.39, 0.29) is 18.0 Å². The Bertz CT molecular complexity index is 411. The average Bonchev–Trinajstić information content (AvgIpc) is 2.43. The van der Waals surface area contributed by atoms with Gasteiger partial charge < -0.3 is 14.8 Å².